The molecule has 4 nitrogen and oxygen atoms in total. The maximum atomic E-state index is 4.51. The number of anilines is 1. The number of hydrogen-bond donors (Lipinski definition) is 1. The zero-order valence-corrected chi connectivity index (χ0v) is 12.2. The fourth-order valence-corrected chi connectivity index (χ4v) is 2.57. The first-order chi connectivity index (χ1) is 8.54. The number of nitrogens with zero attached hydrogens (tertiary/aromatic N) is 3. The van der Waals surface area contributed by atoms with Gasteiger partial charge in [0.2, 0.25) is 5.95 Å². The van der Waals surface area contributed by atoms with Crippen LogP contribution in [0.25, 0.3) is 0 Å². The zero-order chi connectivity index (χ0) is 13.1. The summed E-state index contributed by atoms with van der Waals surface area (Å²) in [6.07, 6.45) is 2.09. The molecule has 2 aromatic rings. The molecule has 0 aromatic carbocycles. The lowest BCUT2D eigenvalue weighted by Crippen LogP contribution is -2.10. The molecule has 0 aliphatic carbocycles. The molecule has 2 rings (SSSR count). The van der Waals surface area contributed by atoms with Crippen LogP contribution in [-0.4, -0.2) is 14.5 Å². The van der Waals surface area contributed by atoms with Crippen molar-refractivity contribution in [2.45, 2.75) is 40.8 Å². The molecular weight excluding hydrogens is 244 g/mol. The van der Waals surface area contributed by atoms with E-state index in [-0.39, 0.29) is 0 Å². The molecular formula is C13H20N4S. The summed E-state index contributed by atoms with van der Waals surface area (Å²) in [6.45, 7) is 10.2. The fourth-order valence-electron chi connectivity index (χ4n) is 1.86. The lowest BCUT2D eigenvalue weighted by Gasteiger charge is -2.10. The molecule has 0 saturated heterocycles. The molecule has 0 saturated carbocycles. The first kappa shape index (κ1) is 13.1. The predicted molar refractivity (Wildman–Crippen MR) is 76.0 cm³/mol. The SMILES string of the molecule is Cc1csc(CNc2nc(C)cn2CC(C)C)n1. The van der Waals surface area contributed by atoms with Crippen LogP contribution in [0.1, 0.15) is 30.2 Å². The number of thiazole rings is 1. The molecule has 0 fully saturated rings. The number of aryl methyl sites for hydroxylation is 2. The van der Waals surface area contributed by atoms with E-state index in [1.54, 1.807) is 11.3 Å². The average molecular weight is 264 g/mol. The molecule has 2 aromatic heterocycles. The first-order valence-electron chi connectivity index (χ1n) is 6.23. The lowest BCUT2D eigenvalue weighted by molar-refractivity contribution is 0.526. The summed E-state index contributed by atoms with van der Waals surface area (Å²) in [6, 6.07) is 0. The molecule has 0 aliphatic heterocycles. The van der Waals surface area contributed by atoms with Crippen LogP contribution in [0.15, 0.2) is 11.6 Å². The summed E-state index contributed by atoms with van der Waals surface area (Å²) < 4.78 is 2.18. The minimum Gasteiger partial charge on any atom is -0.349 e. The quantitative estimate of drug-likeness (QED) is 0.901. The molecule has 5 heteroatoms. The molecule has 0 spiro atoms. The van der Waals surface area contributed by atoms with Gasteiger partial charge in [0.15, 0.2) is 0 Å². The van der Waals surface area contributed by atoms with E-state index >= 15 is 0 Å². The van der Waals surface area contributed by atoms with Crippen LogP contribution in [0, 0.1) is 19.8 Å². The van der Waals surface area contributed by atoms with E-state index in [0.717, 1.165) is 35.4 Å². The Kier molecular flexibility index (Phi) is 4.01. The van der Waals surface area contributed by atoms with Crippen LogP contribution in [0.2, 0.25) is 0 Å². The summed E-state index contributed by atoms with van der Waals surface area (Å²) in [7, 11) is 0. The Balaban J connectivity index is 2.04. The van der Waals surface area contributed by atoms with Crippen LogP contribution in [0.5, 0.6) is 0 Å². The second kappa shape index (κ2) is 5.52. The van der Waals surface area contributed by atoms with Crippen LogP contribution in [0.4, 0.5) is 5.95 Å². The molecule has 0 unspecified atom stereocenters. The highest BCUT2D eigenvalue weighted by atomic mass is 32.1. The maximum Gasteiger partial charge on any atom is 0.203 e. The number of nitrogens with one attached hydrogen (secondary N) is 1. The van der Waals surface area contributed by atoms with Crippen molar-refractivity contribution in [3.63, 3.8) is 0 Å². The third kappa shape index (κ3) is 3.32. The molecule has 0 amide bonds. The van der Waals surface area contributed by atoms with Gasteiger partial charge in [-0.05, 0) is 19.8 Å². The number of hydrogen-bond acceptors (Lipinski definition) is 4. The van der Waals surface area contributed by atoms with E-state index in [0.29, 0.717) is 5.92 Å². The van der Waals surface area contributed by atoms with Gasteiger partial charge in [-0.15, -0.1) is 11.3 Å². The van der Waals surface area contributed by atoms with Crippen molar-refractivity contribution in [1.82, 2.24) is 14.5 Å². The number of aromatic nitrogens is 3. The maximum absolute atomic E-state index is 4.51. The van der Waals surface area contributed by atoms with E-state index in [1.165, 1.54) is 0 Å². The Labute approximate surface area is 112 Å². The molecule has 98 valence electrons. The Morgan fingerprint density at radius 3 is 2.67 bits per heavy atom. The van der Waals surface area contributed by atoms with Crippen molar-refractivity contribution in [3.8, 4) is 0 Å². The minimum atomic E-state index is 0.612. The number of rotatable bonds is 5. The Hall–Kier alpha value is -1.36. The third-order valence-electron chi connectivity index (χ3n) is 2.52. The molecule has 0 bridgehead atoms. The van der Waals surface area contributed by atoms with Crippen LogP contribution >= 0.6 is 11.3 Å². The van der Waals surface area contributed by atoms with Crippen molar-refractivity contribution >= 4 is 17.3 Å². The van der Waals surface area contributed by atoms with Gasteiger partial charge in [-0.1, -0.05) is 13.8 Å². The molecule has 18 heavy (non-hydrogen) atoms. The van der Waals surface area contributed by atoms with Gasteiger partial charge in [0.25, 0.3) is 0 Å². The predicted octanol–water partition coefficient (Wildman–Crippen LogP) is 3.22. The summed E-state index contributed by atoms with van der Waals surface area (Å²) in [4.78, 5) is 8.96. The van der Waals surface area contributed by atoms with Gasteiger partial charge in [0.1, 0.15) is 5.01 Å². The molecule has 0 aliphatic rings. The summed E-state index contributed by atoms with van der Waals surface area (Å²) in [5.74, 6) is 1.55. The second-order valence-electron chi connectivity index (χ2n) is 4.99. The van der Waals surface area contributed by atoms with Crippen molar-refractivity contribution in [3.05, 3.63) is 28.0 Å². The van der Waals surface area contributed by atoms with E-state index in [4.69, 9.17) is 0 Å². The van der Waals surface area contributed by atoms with Gasteiger partial charge in [-0.2, -0.15) is 0 Å². The van der Waals surface area contributed by atoms with Crippen LogP contribution in [-0.2, 0) is 13.1 Å². The highest BCUT2D eigenvalue weighted by molar-refractivity contribution is 7.09. The highest BCUT2D eigenvalue weighted by Gasteiger charge is 2.07. The lowest BCUT2D eigenvalue weighted by atomic mass is 10.2. The first-order valence-corrected chi connectivity index (χ1v) is 7.11. The summed E-state index contributed by atoms with van der Waals surface area (Å²) >= 11 is 1.68. The van der Waals surface area contributed by atoms with Gasteiger partial charge in [0.05, 0.1) is 12.2 Å². The van der Waals surface area contributed by atoms with Crippen LogP contribution < -0.4 is 5.32 Å². The number of imidazole rings is 1. The topological polar surface area (TPSA) is 42.7 Å². The smallest absolute Gasteiger partial charge is 0.203 e. The van der Waals surface area contributed by atoms with Gasteiger partial charge >= 0.3 is 0 Å². The normalized spacial score (nSPS) is 11.2. The Morgan fingerprint density at radius 1 is 1.28 bits per heavy atom. The minimum absolute atomic E-state index is 0.612. The Morgan fingerprint density at radius 2 is 2.06 bits per heavy atom. The largest absolute Gasteiger partial charge is 0.349 e. The van der Waals surface area contributed by atoms with Crippen molar-refractivity contribution in [2.75, 3.05) is 5.32 Å². The molecule has 0 radical (unpaired) electrons. The van der Waals surface area contributed by atoms with Crippen molar-refractivity contribution < 1.29 is 0 Å². The monoisotopic (exact) mass is 264 g/mol. The zero-order valence-electron chi connectivity index (χ0n) is 11.4. The van der Waals surface area contributed by atoms with Crippen molar-refractivity contribution in [1.29, 1.82) is 0 Å². The van der Waals surface area contributed by atoms with E-state index in [2.05, 4.69) is 45.3 Å². The summed E-state index contributed by atoms with van der Waals surface area (Å²) in [5, 5.41) is 6.54. The molecule has 0 atom stereocenters. The van der Waals surface area contributed by atoms with Gasteiger partial charge in [-0.3, -0.25) is 0 Å². The van der Waals surface area contributed by atoms with E-state index in [1.807, 2.05) is 13.8 Å². The third-order valence-corrected chi connectivity index (χ3v) is 3.49. The highest BCUT2D eigenvalue weighted by Crippen LogP contribution is 2.14. The molecule has 1 N–H and O–H groups in total. The van der Waals surface area contributed by atoms with Crippen molar-refractivity contribution in [2.24, 2.45) is 5.92 Å². The standard InChI is InChI=1S/C13H20N4S/c1-9(2)6-17-7-10(3)16-13(17)14-5-12-15-11(4)8-18-12/h7-9H,5-6H2,1-4H3,(H,14,16). The second-order valence-corrected chi connectivity index (χ2v) is 5.93. The van der Waals surface area contributed by atoms with Crippen LogP contribution in [0.3, 0.4) is 0 Å². The van der Waals surface area contributed by atoms with Gasteiger partial charge in [0, 0.05) is 23.8 Å². The molecule has 2 heterocycles. The van der Waals surface area contributed by atoms with Gasteiger partial charge in [-0.25, -0.2) is 9.97 Å². The Bertz CT molecular complexity index is 513. The van der Waals surface area contributed by atoms with Gasteiger partial charge < -0.3 is 9.88 Å². The summed E-state index contributed by atoms with van der Waals surface area (Å²) in [5.41, 5.74) is 2.13. The van der Waals surface area contributed by atoms with E-state index < -0.39 is 0 Å². The average Bonchev–Trinajstić information content (AvgIpc) is 2.82. The van der Waals surface area contributed by atoms with E-state index in [9.17, 15) is 0 Å². The fraction of sp³-hybridized carbons (Fsp3) is 0.538.